The van der Waals surface area contributed by atoms with E-state index in [2.05, 4.69) is 96.9 Å². The zero-order valence-electron chi connectivity index (χ0n) is 24.6. The van der Waals surface area contributed by atoms with Crippen LogP contribution in [0.1, 0.15) is 106 Å². The summed E-state index contributed by atoms with van der Waals surface area (Å²) in [5.41, 5.74) is 9.17. The summed E-state index contributed by atoms with van der Waals surface area (Å²) in [6.07, 6.45) is 1.25. The van der Waals surface area contributed by atoms with Crippen molar-refractivity contribution in [1.29, 1.82) is 0 Å². The highest BCUT2D eigenvalue weighted by molar-refractivity contribution is 7.92. The predicted molar refractivity (Wildman–Crippen MR) is 163 cm³/mol. The number of rotatable bonds is 7. The number of aromatic nitrogens is 1. The summed E-state index contributed by atoms with van der Waals surface area (Å²) in [6.45, 7) is 20.7. The molecule has 1 saturated heterocycles. The third-order valence-electron chi connectivity index (χ3n) is 7.94. The smallest absolute Gasteiger partial charge is 0.185 e. The number of sulfone groups is 1. The van der Waals surface area contributed by atoms with Crippen LogP contribution in [0.4, 0.5) is 5.13 Å². The Labute approximate surface area is 234 Å². The van der Waals surface area contributed by atoms with E-state index in [1.54, 1.807) is 11.3 Å². The van der Waals surface area contributed by atoms with Crippen molar-refractivity contribution in [3.8, 4) is 11.3 Å². The van der Waals surface area contributed by atoms with Crippen LogP contribution in [0, 0.1) is 20.8 Å². The van der Waals surface area contributed by atoms with Crippen LogP contribution in [0.3, 0.4) is 0 Å². The molecule has 1 fully saturated rings. The van der Waals surface area contributed by atoms with E-state index < -0.39 is 9.84 Å². The molecular formula is C32H44N2O2S2. The lowest BCUT2D eigenvalue weighted by Crippen LogP contribution is -2.39. The minimum absolute atomic E-state index is 0.151. The fourth-order valence-corrected chi connectivity index (χ4v) is 9.13. The van der Waals surface area contributed by atoms with Crippen molar-refractivity contribution in [3.05, 3.63) is 63.0 Å². The first kappa shape index (κ1) is 28.8. The molecule has 0 saturated carbocycles. The summed E-state index contributed by atoms with van der Waals surface area (Å²) < 4.78 is 28.4. The van der Waals surface area contributed by atoms with Crippen LogP contribution in [-0.2, 0) is 9.84 Å². The van der Waals surface area contributed by atoms with Gasteiger partial charge in [0.15, 0.2) is 15.0 Å². The van der Waals surface area contributed by atoms with Gasteiger partial charge in [-0.1, -0.05) is 71.4 Å². The van der Waals surface area contributed by atoms with Crippen molar-refractivity contribution >= 4 is 26.3 Å². The zero-order valence-corrected chi connectivity index (χ0v) is 26.2. The summed E-state index contributed by atoms with van der Waals surface area (Å²) >= 11 is 1.66. The van der Waals surface area contributed by atoms with Crippen LogP contribution in [0.25, 0.3) is 11.3 Å². The number of thiazole rings is 1. The summed E-state index contributed by atoms with van der Waals surface area (Å²) in [6, 6.07) is 8.72. The molecule has 3 aromatic rings. The van der Waals surface area contributed by atoms with E-state index in [0.29, 0.717) is 36.7 Å². The summed E-state index contributed by atoms with van der Waals surface area (Å²) in [7, 11) is -3.46. The van der Waals surface area contributed by atoms with Gasteiger partial charge >= 0.3 is 0 Å². The minimum atomic E-state index is -3.46. The normalized spacial score (nSPS) is 15.3. The van der Waals surface area contributed by atoms with Crippen molar-refractivity contribution < 1.29 is 8.42 Å². The van der Waals surface area contributed by atoms with Gasteiger partial charge in [0.05, 0.1) is 15.8 Å². The maximum Gasteiger partial charge on any atom is 0.185 e. The molecule has 1 aromatic heterocycles. The first-order valence-electron chi connectivity index (χ1n) is 14.0. The lowest BCUT2D eigenvalue weighted by atomic mass is 9.89. The summed E-state index contributed by atoms with van der Waals surface area (Å²) in [5.74, 6) is 0.664. The molecule has 0 radical (unpaired) electrons. The van der Waals surface area contributed by atoms with Crippen LogP contribution >= 0.6 is 11.3 Å². The largest absolute Gasteiger partial charge is 0.348 e. The van der Waals surface area contributed by atoms with Gasteiger partial charge in [-0.2, -0.15) is 0 Å². The Hall–Kier alpha value is -2.18. The Balaban J connectivity index is 1.60. The molecule has 2 aromatic carbocycles. The van der Waals surface area contributed by atoms with Gasteiger partial charge in [0, 0.05) is 24.0 Å². The average Bonchev–Trinajstić information content (AvgIpc) is 3.32. The van der Waals surface area contributed by atoms with Crippen molar-refractivity contribution in [2.45, 2.75) is 103 Å². The molecule has 38 heavy (non-hydrogen) atoms. The fourth-order valence-electron chi connectivity index (χ4n) is 5.85. The molecule has 0 unspecified atom stereocenters. The van der Waals surface area contributed by atoms with Crippen LogP contribution < -0.4 is 4.90 Å². The second-order valence-corrected chi connectivity index (χ2v) is 15.0. The Kier molecular flexibility index (Phi) is 8.44. The monoisotopic (exact) mass is 552 g/mol. The SMILES string of the molecule is Cc1cc(C)c(-c2csc(N3CCC(S(=O)(=O)c4c(C(C)C)cc(C(C)C)cc4C(C)C)CC3)n2)c(C)c1. The van der Waals surface area contributed by atoms with Gasteiger partial charge < -0.3 is 4.90 Å². The van der Waals surface area contributed by atoms with E-state index in [1.807, 2.05) is 0 Å². The molecule has 1 aliphatic rings. The Bertz CT molecular complexity index is 1360. The number of aryl methyl sites for hydroxylation is 3. The molecule has 0 atom stereocenters. The van der Waals surface area contributed by atoms with E-state index in [1.165, 1.54) is 27.8 Å². The van der Waals surface area contributed by atoms with Gasteiger partial charge in [-0.3, -0.25) is 0 Å². The number of hydrogen-bond donors (Lipinski definition) is 0. The van der Waals surface area contributed by atoms with Gasteiger partial charge in [-0.25, -0.2) is 13.4 Å². The second-order valence-electron chi connectivity index (χ2n) is 12.0. The predicted octanol–water partition coefficient (Wildman–Crippen LogP) is 8.55. The van der Waals surface area contributed by atoms with Crippen LogP contribution in [0.15, 0.2) is 34.5 Å². The lowest BCUT2D eigenvalue weighted by Gasteiger charge is -2.33. The zero-order chi connectivity index (χ0) is 27.9. The van der Waals surface area contributed by atoms with Crippen molar-refractivity contribution in [2.24, 2.45) is 0 Å². The van der Waals surface area contributed by atoms with Crippen LogP contribution in [0.2, 0.25) is 0 Å². The third kappa shape index (κ3) is 5.58. The first-order chi connectivity index (χ1) is 17.8. The maximum atomic E-state index is 14.2. The minimum Gasteiger partial charge on any atom is -0.348 e. The highest BCUT2D eigenvalue weighted by Crippen LogP contribution is 2.39. The quantitative estimate of drug-likeness (QED) is 0.295. The summed E-state index contributed by atoms with van der Waals surface area (Å²) in [4.78, 5) is 7.87. The molecule has 4 nitrogen and oxygen atoms in total. The molecule has 0 bridgehead atoms. The molecule has 4 rings (SSSR count). The standard InChI is InChI=1S/C32H44N2O2S2/c1-19(2)25-16-27(20(3)4)31(28(17-25)21(5)6)38(35,36)26-10-12-34(13-11-26)32-33-29(18-37-32)30-23(8)14-22(7)15-24(30)9/h14-21,26H,10-13H2,1-9H3. The number of benzene rings is 2. The molecule has 2 heterocycles. The van der Waals surface area contributed by atoms with Gasteiger partial charge in [0.25, 0.3) is 0 Å². The molecular weight excluding hydrogens is 508 g/mol. The van der Waals surface area contributed by atoms with E-state index in [-0.39, 0.29) is 17.1 Å². The highest BCUT2D eigenvalue weighted by Gasteiger charge is 2.36. The van der Waals surface area contributed by atoms with E-state index >= 15 is 0 Å². The van der Waals surface area contributed by atoms with Gasteiger partial charge in [-0.15, -0.1) is 11.3 Å². The van der Waals surface area contributed by atoms with E-state index in [4.69, 9.17) is 4.98 Å². The average molecular weight is 553 g/mol. The van der Waals surface area contributed by atoms with Crippen LogP contribution in [0.5, 0.6) is 0 Å². The number of anilines is 1. The first-order valence-corrected chi connectivity index (χ1v) is 16.4. The number of piperidine rings is 1. The summed E-state index contributed by atoms with van der Waals surface area (Å²) in [5, 5.41) is 2.77. The fraction of sp³-hybridized carbons (Fsp3) is 0.531. The second kappa shape index (κ2) is 11.1. The van der Waals surface area contributed by atoms with Crippen LogP contribution in [-0.4, -0.2) is 31.7 Å². The maximum absolute atomic E-state index is 14.2. The molecule has 0 spiro atoms. The van der Waals surface area contributed by atoms with E-state index in [0.717, 1.165) is 22.0 Å². The van der Waals surface area contributed by atoms with Gasteiger partial charge in [-0.05, 0) is 79.2 Å². The topological polar surface area (TPSA) is 50.3 Å². The highest BCUT2D eigenvalue weighted by atomic mass is 32.2. The lowest BCUT2D eigenvalue weighted by molar-refractivity contribution is 0.526. The molecule has 0 amide bonds. The molecule has 0 N–H and O–H groups in total. The van der Waals surface area contributed by atoms with Crippen molar-refractivity contribution in [1.82, 2.24) is 4.98 Å². The number of hydrogen-bond acceptors (Lipinski definition) is 5. The number of nitrogens with zero attached hydrogens (tertiary/aromatic N) is 2. The molecule has 0 aliphatic carbocycles. The Morgan fingerprint density at radius 2 is 1.37 bits per heavy atom. The third-order valence-corrected chi connectivity index (χ3v) is 11.2. The van der Waals surface area contributed by atoms with Gasteiger partial charge in [0.1, 0.15) is 0 Å². The molecule has 206 valence electrons. The van der Waals surface area contributed by atoms with Crippen molar-refractivity contribution in [2.75, 3.05) is 18.0 Å². The van der Waals surface area contributed by atoms with Gasteiger partial charge in [0.2, 0.25) is 0 Å². The molecule has 1 aliphatic heterocycles. The Morgan fingerprint density at radius 3 is 1.84 bits per heavy atom. The van der Waals surface area contributed by atoms with Crippen molar-refractivity contribution in [3.63, 3.8) is 0 Å². The Morgan fingerprint density at radius 1 is 0.842 bits per heavy atom. The molecule has 6 heteroatoms. The van der Waals surface area contributed by atoms with E-state index in [9.17, 15) is 8.42 Å².